The van der Waals surface area contributed by atoms with Crippen LogP contribution in [-0.2, 0) is 6.61 Å². The summed E-state index contributed by atoms with van der Waals surface area (Å²) in [4.78, 5) is 2.37. The number of hydrogen-bond donors (Lipinski definition) is 1. The molecule has 1 unspecified atom stereocenters. The van der Waals surface area contributed by atoms with E-state index in [1.54, 1.807) is 0 Å². The van der Waals surface area contributed by atoms with Crippen LogP contribution in [0.2, 0.25) is 0 Å². The molecule has 23 heavy (non-hydrogen) atoms. The molecule has 2 N–H and O–H groups in total. The van der Waals surface area contributed by atoms with Crippen LogP contribution in [-0.4, -0.2) is 24.5 Å². The minimum Gasteiger partial charge on any atom is -0.489 e. The standard InChI is InChI=1S/C20H28N2O/c1-4-22(5-2)19(14-21)18-11-6-7-12-20(18)23-15-17-10-8-9-16(3)13-17/h6-13,19H,4-5,14-15,21H2,1-3H3. The van der Waals surface area contributed by atoms with Gasteiger partial charge in [0.25, 0.3) is 0 Å². The van der Waals surface area contributed by atoms with Crippen LogP contribution >= 0.6 is 0 Å². The van der Waals surface area contributed by atoms with E-state index in [0.717, 1.165) is 18.8 Å². The average Bonchev–Trinajstić information content (AvgIpc) is 2.58. The highest BCUT2D eigenvalue weighted by Gasteiger charge is 2.19. The van der Waals surface area contributed by atoms with Gasteiger partial charge in [0.2, 0.25) is 0 Å². The molecule has 0 fully saturated rings. The number of para-hydroxylation sites is 1. The summed E-state index contributed by atoms with van der Waals surface area (Å²) < 4.78 is 6.12. The van der Waals surface area contributed by atoms with Crippen molar-refractivity contribution in [1.29, 1.82) is 0 Å². The third-order valence-electron chi connectivity index (χ3n) is 4.23. The summed E-state index contributed by atoms with van der Waals surface area (Å²) in [6.45, 7) is 9.56. The van der Waals surface area contributed by atoms with Crippen molar-refractivity contribution in [2.45, 2.75) is 33.4 Å². The molecule has 1 atom stereocenters. The zero-order valence-electron chi connectivity index (χ0n) is 14.5. The van der Waals surface area contributed by atoms with Crippen molar-refractivity contribution in [1.82, 2.24) is 4.90 Å². The van der Waals surface area contributed by atoms with Crippen LogP contribution in [0.3, 0.4) is 0 Å². The summed E-state index contributed by atoms with van der Waals surface area (Å²) in [7, 11) is 0. The van der Waals surface area contributed by atoms with Crippen molar-refractivity contribution in [2.24, 2.45) is 5.73 Å². The Hall–Kier alpha value is -1.84. The zero-order chi connectivity index (χ0) is 16.7. The SMILES string of the molecule is CCN(CC)C(CN)c1ccccc1OCc1cccc(C)c1. The fraction of sp³-hybridized carbons (Fsp3) is 0.400. The first kappa shape index (κ1) is 17.5. The Labute approximate surface area is 140 Å². The topological polar surface area (TPSA) is 38.5 Å². The minimum atomic E-state index is 0.193. The van der Waals surface area contributed by atoms with Crippen LogP contribution in [0.1, 0.15) is 36.6 Å². The molecule has 0 aliphatic heterocycles. The molecule has 0 saturated carbocycles. The van der Waals surface area contributed by atoms with E-state index in [1.165, 1.54) is 16.7 Å². The number of ether oxygens (including phenoxy) is 1. The second kappa shape index (κ2) is 8.70. The molecule has 0 saturated heterocycles. The number of likely N-dealkylation sites (N-methyl/N-ethyl adjacent to an activating group) is 1. The predicted octanol–water partition coefficient (Wildman–Crippen LogP) is 3.92. The Morgan fingerprint density at radius 1 is 1.04 bits per heavy atom. The number of nitrogens with two attached hydrogens (primary N) is 1. The lowest BCUT2D eigenvalue weighted by atomic mass is 10.0. The Morgan fingerprint density at radius 2 is 1.78 bits per heavy atom. The van der Waals surface area contributed by atoms with Crippen molar-refractivity contribution < 1.29 is 4.74 Å². The summed E-state index contributed by atoms with van der Waals surface area (Å²) in [5.74, 6) is 0.927. The van der Waals surface area contributed by atoms with Crippen LogP contribution in [0, 0.1) is 6.92 Å². The van der Waals surface area contributed by atoms with Gasteiger partial charge in [-0.3, -0.25) is 4.90 Å². The second-order valence-corrected chi connectivity index (χ2v) is 5.79. The third-order valence-corrected chi connectivity index (χ3v) is 4.23. The summed E-state index contributed by atoms with van der Waals surface area (Å²) in [5.41, 5.74) is 9.67. The summed E-state index contributed by atoms with van der Waals surface area (Å²) in [6, 6.07) is 16.9. The van der Waals surface area contributed by atoms with Crippen LogP contribution in [0.4, 0.5) is 0 Å². The normalized spacial score (nSPS) is 12.4. The Kier molecular flexibility index (Phi) is 6.63. The number of rotatable bonds is 8. The first-order chi connectivity index (χ1) is 11.2. The maximum Gasteiger partial charge on any atom is 0.124 e. The molecule has 2 rings (SSSR count). The lowest BCUT2D eigenvalue weighted by molar-refractivity contribution is 0.214. The van der Waals surface area contributed by atoms with Gasteiger partial charge in [-0.25, -0.2) is 0 Å². The number of nitrogens with zero attached hydrogens (tertiary/aromatic N) is 1. The van der Waals surface area contributed by atoms with Crippen molar-refractivity contribution in [2.75, 3.05) is 19.6 Å². The average molecular weight is 312 g/mol. The molecule has 0 spiro atoms. The van der Waals surface area contributed by atoms with E-state index in [-0.39, 0.29) is 6.04 Å². The van der Waals surface area contributed by atoms with E-state index in [9.17, 15) is 0 Å². The largest absolute Gasteiger partial charge is 0.489 e. The van der Waals surface area contributed by atoms with Gasteiger partial charge in [-0.15, -0.1) is 0 Å². The van der Waals surface area contributed by atoms with Gasteiger partial charge in [-0.1, -0.05) is 61.9 Å². The first-order valence-electron chi connectivity index (χ1n) is 8.41. The number of benzene rings is 2. The van der Waals surface area contributed by atoms with Crippen molar-refractivity contribution >= 4 is 0 Å². The van der Waals surface area contributed by atoms with Gasteiger partial charge in [0.1, 0.15) is 12.4 Å². The molecule has 3 nitrogen and oxygen atoms in total. The van der Waals surface area contributed by atoms with E-state index < -0.39 is 0 Å². The molecule has 0 bridgehead atoms. The van der Waals surface area contributed by atoms with Crippen molar-refractivity contribution in [3.63, 3.8) is 0 Å². The molecule has 0 aromatic heterocycles. The maximum atomic E-state index is 6.12. The van der Waals surface area contributed by atoms with E-state index in [0.29, 0.717) is 13.2 Å². The highest BCUT2D eigenvalue weighted by Crippen LogP contribution is 2.29. The van der Waals surface area contributed by atoms with Crippen LogP contribution in [0.5, 0.6) is 5.75 Å². The van der Waals surface area contributed by atoms with Gasteiger partial charge in [-0.05, 0) is 31.6 Å². The molecule has 0 radical (unpaired) electrons. The smallest absolute Gasteiger partial charge is 0.124 e. The number of aryl methyl sites for hydroxylation is 1. The van der Waals surface area contributed by atoms with Gasteiger partial charge in [0.15, 0.2) is 0 Å². The molecule has 2 aromatic carbocycles. The van der Waals surface area contributed by atoms with Gasteiger partial charge in [-0.2, -0.15) is 0 Å². The van der Waals surface area contributed by atoms with Crippen LogP contribution < -0.4 is 10.5 Å². The number of hydrogen-bond acceptors (Lipinski definition) is 3. The van der Waals surface area contributed by atoms with Gasteiger partial charge in [0.05, 0.1) is 6.04 Å². The molecule has 0 aliphatic carbocycles. The van der Waals surface area contributed by atoms with E-state index in [4.69, 9.17) is 10.5 Å². The van der Waals surface area contributed by atoms with Crippen molar-refractivity contribution in [3.05, 3.63) is 65.2 Å². The molecule has 0 heterocycles. The van der Waals surface area contributed by atoms with E-state index in [1.807, 2.05) is 12.1 Å². The molecule has 3 heteroatoms. The lowest BCUT2D eigenvalue weighted by Crippen LogP contribution is -2.33. The highest BCUT2D eigenvalue weighted by atomic mass is 16.5. The monoisotopic (exact) mass is 312 g/mol. The van der Waals surface area contributed by atoms with E-state index in [2.05, 4.69) is 62.1 Å². The molecule has 2 aromatic rings. The minimum absolute atomic E-state index is 0.193. The van der Waals surface area contributed by atoms with Gasteiger partial charge in [0, 0.05) is 12.1 Å². The van der Waals surface area contributed by atoms with Crippen LogP contribution in [0.25, 0.3) is 0 Å². The third kappa shape index (κ3) is 4.57. The zero-order valence-corrected chi connectivity index (χ0v) is 14.5. The molecular weight excluding hydrogens is 284 g/mol. The lowest BCUT2D eigenvalue weighted by Gasteiger charge is -2.30. The second-order valence-electron chi connectivity index (χ2n) is 5.79. The van der Waals surface area contributed by atoms with Crippen molar-refractivity contribution in [3.8, 4) is 5.75 Å². The molecule has 0 aliphatic rings. The highest BCUT2D eigenvalue weighted by molar-refractivity contribution is 5.36. The maximum absolute atomic E-state index is 6.12. The summed E-state index contributed by atoms with van der Waals surface area (Å²) in [6.07, 6.45) is 0. The molecule has 124 valence electrons. The Morgan fingerprint density at radius 3 is 2.43 bits per heavy atom. The van der Waals surface area contributed by atoms with Crippen LogP contribution in [0.15, 0.2) is 48.5 Å². The van der Waals surface area contributed by atoms with E-state index >= 15 is 0 Å². The Bertz CT molecular complexity index is 608. The quantitative estimate of drug-likeness (QED) is 0.803. The molecular formula is C20H28N2O. The Balaban J connectivity index is 2.19. The fourth-order valence-corrected chi connectivity index (χ4v) is 2.99. The van der Waals surface area contributed by atoms with Gasteiger partial charge >= 0.3 is 0 Å². The molecule has 0 amide bonds. The fourth-order valence-electron chi connectivity index (χ4n) is 2.99. The summed E-state index contributed by atoms with van der Waals surface area (Å²) in [5, 5.41) is 0. The van der Waals surface area contributed by atoms with Gasteiger partial charge < -0.3 is 10.5 Å². The summed E-state index contributed by atoms with van der Waals surface area (Å²) >= 11 is 0. The first-order valence-corrected chi connectivity index (χ1v) is 8.41. The predicted molar refractivity (Wildman–Crippen MR) is 96.7 cm³/mol.